The summed E-state index contributed by atoms with van der Waals surface area (Å²) < 4.78 is 13.2. The molecule has 0 saturated carbocycles. The van der Waals surface area contributed by atoms with Crippen LogP contribution in [0.25, 0.3) is 290 Å². The maximum absolute atomic E-state index is 6.41. The van der Waals surface area contributed by atoms with Crippen molar-refractivity contribution >= 4 is 224 Å². The number of hydrogen-bond acceptors (Lipinski definition) is 7. The highest BCUT2D eigenvalue weighted by atomic mass is 16.3. The van der Waals surface area contributed by atoms with Gasteiger partial charge >= 0.3 is 0 Å². The van der Waals surface area contributed by atoms with Gasteiger partial charge in [-0.1, -0.05) is 309 Å². The molecule has 10 heteroatoms. The van der Waals surface area contributed by atoms with Crippen LogP contribution in [0.1, 0.15) is 0 Å². The molecule has 0 fully saturated rings. The predicted molar refractivity (Wildman–Crippen MR) is 576 cm³/mol. The third-order valence-corrected chi connectivity index (χ3v) is 28.7. The van der Waals surface area contributed by atoms with Crippen molar-refractivity contribution < 1.29 is 4.42 Å². The largest absolute Gasteiger partial charge is 0.455 e. The Morgan fingerprint density at radius 1 is 0.174 bits per heavy atom. The quantitative estimate of drug-likeness (QED) is 0.153. The molecule has 10 heterocycles. The van der Waals surface area contributed by atoms with Crippen molar-refractivity contribution in [3.8, 4) is 66.8 Å². The number of fused-ring (bicyclic) bond motifs is 41. The molecule has 10 nitrogen and oxygen atoms in total. The van der Waals surface area contributed by atoms with Crippen molar-refractivity contribution in [2.24, 2.45) is 0 Å². The zero-order chi connectivity index (χ0) is 90.3. The lowest BCUT2D eigenvalue weighted by molar-refractivity contribution is 0.670. The minimum atomic E-state index is 0.906. The highest BCUT2D eigenvalue weighted by molar-refractivity contribution is 6.30. The molecular weight excluding hydrogens is 1680 g/mol. The average Bonchev–Trinajstić information content (AvgIpc) is 1.49. The van der Waals surface area contributed by atoms with E-state index in [2.05, 4.69) is 414 Å². The van der Waals surface area contributed by atoms with Gasteiger partial charge < -0.3 is 4.42 Å². The summed E-state index contributed by atoms with van der Waals surface area (Å²) in [5.74, 6) is 0. The van der Waals surface area contributed by atoms with E-state index in [4.69, 9.17) is 34.3 Å². The van der Waals surface area contributed by atoms with Gasteiger partial charge in [-0.15, -0.1) is 0 Å². The first-order valence-corrected chi connectivity index (χ1v) is 46.9. The first-order valence-electron chi connectivity index (χ1n) is 46.9. The van der Waals surface area contributed by atoms with Crippen LogP contribution in [-0.2, 0) is 0 Å². The molecule has 31 aromatic rings. The lowest BCUT2D eigenvalue weighted by Crippen LogP contribution is -1.95. The van der Waals surface area contributed by atoms with Gasteiger partial charge in [-0.2, -0.15) is 0 Å². The van der Waals surface area contributed by atoms with E-state index < -0.39 is 0 Å². The van der Waals surface area contributed by atoms with E-state index in [-0.39, 0.29) is 0 Å². The van der Waals surface area contributed by atoms with Gasteiger partial charge in [0.25, 0.3) is 0 Å². The molecule has 0 saturated heterocycles. The van der Waals surface area contributed by atoms with Gasteiger partial charge in [0, 0.05) is 67.2 Å². The SMILES string of the molecule is c1cc(-c2cc3c4ncccc4n4c5ccccc5nc4c3c3ccccc23)cc(-c2cccc3c2oc2ccccc23)c1.c1ccc2c(c1)nc1c3c4ccccc4c(-c4ccc(-c5ccc6c7ccccc7c7ccccc7c6c5)cc4)cc3c3ncccc3n21.c1ccc2cc(-c3ccc4cc(-c5cc6c7ncccc7n7c8ccccc8nc7c6c6ccccc56)ccc4c3)ccc2c1. The van der Waals surface area contributed by atoms with Crippen molar-refractivity contribution in [2.75, 3.05) is 0 Å². The molecule has 0 aliphatic rings. The fourth-order valence-corrected chi connectivity index (χ4v) is 22.5. The summed E-state index contributed by atoms with van der Waals surface area (Å²) in [6.45, 7) is 0. The van der Waals surface area contributed by atoms with Gasteiger partial charge in [0.2, 0.25) is 0 Å². The summed E-state index contributed by atoms with van der Waals surface area (Å²) in [4.78, 5) is 30.4. The van der Waals surface area contributed by atoms with Crippen LogP contribution in [0, 0.1) is 0 Å². The predicted octanol–water partition coefficient (Wildman–Crippen LogP) is 33.7. The lowest BCUT2D eigenvalue weighted by atomic mass is 9.90. The third-order valence-electron chi connectivity index (χ3n) is 28.7. The minimum absolute atomic E-state index is 0.906. The Morgan fingerprint density at radius 3 is 1.00 bits per heavy atom. The van der Waals surface area contributed by atoms with E-state index in [1.54, 1.807) is 0 Å². The average molecular weight is 1760 g/mol. The fourth-order valence-electron chi connectivity index (χ4n) is 22.5. The first kappa shape index (κ1) is 77.0. The number of imidazole rings is 3. The van der Waals surface area contributed by atoms with Crippen molar-refractivity contribution in [2.45, 2.75) is 0 Å². The zero-order valence-electron chi connectivity index (χ0n) is 74.2. The number of pyridine rings is 6. The zero-order valence-corrected chi connectivity index (χ0v) is 74.2. The number of rotatable bonds is 6. The molecule has 21 aromatic carbocycles. The summed E-state index contributed by atoms with van der Waals surface area (Å²) in [5, 5.41) is 28.9. The van der Waals surface area contributed by atoms with E-state index >= 15 is 0 Å². The molecule has 0 aliphatic carbocycles. The molecule has 0 aliphatic heterocycles. The summed E-state index contributed by atoms with van der Waals surface area (Å²) >= 11 is 0. The maximum atomic E-state index is 6.41. The van der Waals surface area contributed by atoms with Crippen LogP contribution in [0.5, 0.6) is 0 Å². The van der Waals surface area contributed by atoms with E-state index in [0.717, 1.165) is 159 Å². The highest BCUT2D eigenvalue weighted by Crippen LogP contribution is 2.49. The van der Waals surface area contributed by atoms with Gasteiger partial charge in [0.15, 0.2) is 0 Å². The Hall–Kier alpha value is -18.6. The van der Waals surface area contributed by atoms with Crippen LogP contribution in [-0.4, -0.2) is 43.1 Å². The number of nitrogens with zero attached hydrogens (tertiary/aromatic N) is 9. The molecule has 138 heavy (non-hydrogen) atoms. The van der Waals surface area contributed by atoms with Crippen LogP contribution in [0.3, 0.4) is 0 Å². The molecule has 0 amide bonds. The van der Waals surface area contributed by atoms with Crippen LogP contribution >= 0.6 is 0 Å². The Balaban J connectivity index is 0.000000100. The van der Waals surface area contributed by atoms with E-state index in [1.807, 2.05) is 55.0 Å². The second kappa shape index (κ2) is 30.5. The van der Waals surface area contributed by atoms with Crippen LogP contribution in [0.15, 0.2) is 460 Å². The maximum Gasteiger partial charge on any atom is 0.147 e. The fraction of sp³-hybridized carbons (Fsp3) is 0. The number of hydrogen-bond donors (Lipinski definition) is 0. The van der Waals surface area contributed by atoms with E-state index in [1.165, 1.54) is 131 Å². The molecule has 10 aromatic heterocycles. The second-order valence-electron chi connectivity index (χ2n) is 36.2. The van der Waals surface area contributed by atoms with Gasteiger partial charge in [-0.3, -0.25) is 28.2 Å². The van der Waals surface area contributed by atoms with Crippen LogP contribution in [0.4, 0.5) is 0 Å². The summed E-state index contributed by atoms with van der Waals surface area (Å²) in [6, 6.07) is 157. The second-order valence-corrected chi connectivity index (χ2v) is 36.2. The number of benzene rings is 21. The van der Waals surface area contributed by atoms with Crippen molar-refractivity contribution in [1.82, 2.24) is 43.1 Å². The number of aromatic nitrogens is 9. The van der Waals surface area contributed by atoms with Crippen molar-refractivity contribution in [1.29, 1.82) is 0 Å². The normalized spacial score (nSPS) is 12.1. The standard InChI is InChI=1S/C46H27N3.C42H25N3.C40H23N3O/c1-2-12-33-31(10-1)32-11-3-4-13-34(32)39-26-30(23-24-36(33)39)28-19-21-29(22-20-28)38-27-40-44(37-15-6-5-14-35(37)38)46-48-41-16-7-8-17-42(41)49(46)43-18-9-25-47-45(40)43;1-2-9-27-22-28(16-15-26(27)8-1)29-17-18-31-24-32(20-19-30(31)23-29)35-25-36-40(34-11-4-3-10-33(34)35)42-44-37-12-5-6-13-38(37)45(42)39-14-7-21-43-41(36)39;1-2-14-29-27(12-1)31(23-32-37(29)40-42-33-17-4-5-18-34(33)43(40)35-19-9-21-41-38(32)35)25-11-7-10-24(22-25)26-15-8-16-30-28-13-3-6-20-36(28)44-39(26)30/h1-27H;1-25H;1-23H. The summed E-state index contributed by atoms with van der Waals surface area (Å²) in [7, 11) is 0. The topological polar surface area (TPSA) is 104 Å². The van der Waals surface area contributed by atoms with Crippen molar-refractivity contribution in [3.63, 3.8) is 0 Å². The van der Waals surface area contributed by atoms with E-state index in [0.29, 0.717) is 0 Å². The van der Waals surface area contributed by atoms with E-state index in [9.17, 15) is 0 Å². The highest BCUT2D eigenvalue weighted by Gasteiger charge is 2.26. The summed E-state index contributed by atoms with van der Waals surface area (Å²) in [5.41, 5.74) is 31.2. The lowest BCUT2D eigenvalue weighted by Gasteiger charge is -2.15. The molecular formula is C128H75N9O. The Kier molecular flexibility index (Phi) is 17.0. The smallest absolute Gasteiger partial charge is 0.147 e. The monoisotopic (exact) mass is 1750 g/mol. The van der Waals surface area contributed by atoms with Crippen LogP contribution in [0.2, 0.25) is 0 Å². The third kappa shape index (κ3) is 11.8. The van der Waals surface area contributed by atoms with Gasteiger partial charge in [-0.25, -0.2) is 15.0 Å². The van der Waals surface area contributed by atoms with Gasteiger partial charge in [-0.05, 0) is 275 Å². The number of para-hydroxylation sites is 8. The molecule has 0 spiro atoms. The Labute approximate surface area is 787 Å². The van der Waals surface area contributed by atoms with Gasteiger partial charge in [0.05, 0.1) is 66.2 Å². The molecule has 0 atom stereocenters. The molecule has 0 bridgehead atoms. The Morgan fingerprint density at radius 2 is 0.500 bits per heavy atom. The summed E-state index contributed by atoms with van der Waals surface area (Å²) in [6.07, 6.45) is 5.67. The molecule has 0 N–H and O–H groups in total. The van der Waals surface area contributed by atoms with Gasteiger partial charge in [0.1, 0.15) is 28.1 Å². The van der Waals surface area contributed by atoms with Crippen molar-refractivity contribution in [3.05, 3.63) is 455 Å². The molecule has 638 valence electrons. The Bertz CT molecular complexity index is 10600. The number of furan rings is 1. The first-order chi connectivity index (χ1) is 68.4. The molecule has 0 radical (unpaired) electrons. The molecule has 0 unspecified atom stereocenters. The van der Waals surface area contributed by atoms with Crippen LogP contribution < -0.4 is 0 Å². The molecule has 31 rings (SSSR count). The minimum Gasteiger partial charge on any atom is -0.455 e.